The van der Waals surface area contributed by atoms with Gasteiger partial charge in [-0.05, 0) is 18.9 Å². The van der Waals surface area contributed by atoms with Gasteiger partial charge in [0.25, 0.3) is 0 Å². The van der Waals surface area contributed by atoms with Crippen LogP contribution in [0, 0.1) is 0 Å². The van der Waals surface area contributed by atoms with Gasteiger partial charge in [-0.1, -0.05) is 12.8 Å². The number of hydrogen-bond donors (Lipinski definition) is 1. The fraction of sp³-hybridized carbons (Fsp3) is 0.357. The molecule has 96 valence electrons. The zero-order chi connectivity index (χ0) is 12.7. The molecule has 4 rings (SSSR count). The van der Waals surface area contributed by atoms with E-state index in [1.807, 2.05) is 18.5 Å². The van der Waals surface area contributed by atoms with Crippen LogP contribution in [0.1, 0.15) is 31.7 Å². The van der Waals surface area contributed by atoms with Crippen molar-refractivity contribution in [2.24, 2.45) is 0 Å². The average Bonchev–Trinajstić information content (AvgIpc) is 3.18. The standard InChI is InChI=1S/C14H15N5/c1-2-4-11(3-1)19-8-10(7-18-19)13-12-5-6-15-14(12)17-9-16-13/h5-9,11H,1-4H2,(H,15,16,17). The Kier molecular flexibility index (Phi) is 2.36. The Morgan fingerprint density at radius 3 is 3.00 bits per heavy atom. The lowest BCUT2D eigenvalue weighted by Crippen LogP contribution is -2.04. The smallest absolute Gasteiger partial charge is 0.141 e. The van der Waals surface area contributed by atoms with Gasteiger partial charge in [-0.15, -0.1) is 0 Å². The van der Waals surface area contributed by atoms with Gasteiger partial charge in [0.2, 0.25) is 0 Å². The third-order valence-electron chi connectivity index (χ3n) is 3.93. The van der Waals surface area contributed by atoms with E-state index < -0.39 is 0 Å². The van der Waals surface area contributed by atoms with Crippen LogP contribution < -0.4 is 0 Å². The molecule has 3 aromatic rings. The van der Waals surface area contributed by atoms with E-state index in [9.17, 15) is 0 Å². The zero-order valence-corrected chi connectivity index (χ0v) is 10.6. The van der Waals surface area contributed by atoms with E-state index in [4.69, 9.17) is 0 Å². The SMILES string of the molecule is c1nc(-c2cnn(C3CCCC3)c2)c2cc[nH]c2n1. The molecule has 0 aliphatic heterocycles. The number of H-pyrrole nitrogens is 1. The van der Waals surface area contributed by atoms with Crippen molar-refractivity contribution in [3.63, 3.8) is 0 Å². The van der Waals surface area contributed by atoms with Crippen molar-refractivity contribution in [1.82, 2.24) is 24.7 Å². The maximum atomic E-state index is 4.51. The second-order valence-corrected chi connectivity index (χ2v) is 5.11. The Bertz CT molecular complexity index is 705. The molecule has 5 nitrogen and oxygen atoms in total. The van der Waals surface area contributed by atoms with Gasteiger partial charge in [-0.3, -0.25) is 4.68 Å². The molecular formula is C14H15N5. The minimum atomic E-state index is 0.567. The number of fused-ring (bicyclic) bond motifs is 1. The molecule has 1 saturated carbocycles. The van der Waals surface area contributed by atoms with Crippen molar-refractivity contribution in [3.05, 3.63) is 31.0 Å². The van der Waals surface area contributed by atoms with E-state index in [0.717, 1.165) is 22.3 Å². The molecular weight excluding hydrogens is 238 g/mol. The van der Waals surface area contributed by atoms with Crippen molar-refractivity contribution in [2.75, 3.05) is 0 Å². The highest BCUT2D eigenvalue weighted by molar-refractivity contribution is 5.89. The first-order chi connectivity index (χ1) is 9.42. The monoisotopic (exact) mass is 253 g/mol. The Labute approximate surface area is 110 Å². The highest BCUT2D eigenvalue weighted by Gasteiger charge is 2.18. The highest BCUT2D eigenvalue weighted by atomic mass is 15.3. The van der Waals surface area contributed by atoms with E-state index in [1.54, 1.807) is 6.33 Å². The zero-order valence-electron chi connectivity index (χ0n) is 10.6. The maximum absolute atomic E-state index is 4.51. The van der Waals surface area contributed by atoms with Gasteiger partial charge in [0.05, 0.1) is 17.9 Å². The van der Waals surface area contributed by atoms with Crippen LogP contribution in [0.15, 0.2) is 31.0 Å². The molecule has 0 aromatic carbocycles. The topological polar surface area (TPSA) is 59.4 Å². The Hall–Kier alpha value is -2.17. The molecule has 1 aliphatic carbocycles. The van der Waals surface area contributed by atoms with Gasteiger partial charge in [-0.25, -0.2) is 9.97 Å². The van der Waals surface area contributed by atoms with Crippen molar-refractivity contribution in [1.29, 1.82) is 0 Å². The third kappa shape index (κ3) is 1.73. The van der Waals surface area contributed by atoms with Gasteiger partial charge in [0.1, 0.15) is 12.0 Å². The number of nitrogens with one attached hydrogen (secondary N) is 1. The Balaban J connectivity index is 1.77. The van der Waals surface area contributed by atoms with Gasteiger partial charge >= 0.3 is 0 Å². The molecule has 0 saturated heterocycles. The Morgan fingerprint density at radius 2 is 2.11 bits per heavy atom. The molecule has 0 amide bonds. The Morgan fingerprint density at radius 1 is 1.21 bits per heavy atom. The molecule has 0 spiro atoms. The molecule has 0 radical (unpaired) electrons. The molecule has 0 unspecified atom stereocenters. The fourth-order valence-electron chi connectivity index (χ4n) is 2.93. The molecule has 3 aromatic heterocycles. The molecule has 5 heteroatoms. The van der Waals surface area contributed by atoms with Crippen LogP contribution in [0.4, 0.5) is 0 Å². The number of aromatic amines is 1. The van der Waals surface area contributed by atoms with E-state index >= 15 is 0 Å². The largest absolute Gasteiger partial charge is 0.346 e. The summed E-state index contributed by atoms with van der Waals surface area (Å²) >= 11 is 0. The predicted octanol–water partition coefficient (Wildman–Crippen LogP) is 2.94. The second kappa shape index (κ2) is 4.19. The number of rotatable bonds is 2. The fourth-order valence-corrected chi connectivity index (χ4v) is 2.93. The minimum absolute atomic E-state index is 0.567. The summed E-state index contributed by atoms with van der Waals surface area (Å²) in [5.74, 6) is 0. The number of hydrogen-bond acceptors (Lipinski definition) is 3. The van der Waals surface area contributed by atoms with Crippen LogP contribution in [-0.4, -0.2) is 24.7 Å². The van der Waals surface area contributed by atoms with Crippen LogP contribution in [0.5, 0.6) is 0 Å². The first-order valence-corrected chi connectivity index (χ1v) is 6.74. The average molecular weight is 253 g/mol. The summed E-state index contributed by atoms with van der Waals surface area (Å²) in [6.45, 7) is 0. The summed E-state index contributed by atoms with van der Waals surface area (Å²) in [7, 11) is 0. The van der Waals surface area contributed by atoms with Crippen molar-refractivity contribution in [2.45, 2.75) is 31.7 Å². The molecule has 0 atom stereocenters. The number of nitrogens with zero attached hydrogens (tertiary/aromatic N) is 4. The lowest BCUT2D eigenvalue weighted by Gasteiger charge is -2.08. The third-order valence-corrected chi connectivity index (χ3v) is 3.93. The molecule has 1 fully saturated rings. The second-order valence-electron chi connectivity index (χ2n) is 5.11. The van der Waals surface area contributed by atoms with Crippen LogP contribution in [0.2, 0.25) is 0 Å². The van der Waals surface area contributed by atoms with E-state index in [0.29, 0.717) is 6.04 Å². The summed E-state index contributed by atoms with van der Waals surface area (Å²) in [6, 6.07) is 2.58. The maximum Gasteiger partial charge on any atom is 0.141 e. The van der Waals surface area contributed by atoms with Crippen molar-refractivity contribution < 1.29 is 0 Å². The summed E-state index contributed by atoms with van der Waals surface area (Å²) in [5.41, 5.74) is 2.90. The van der Waals surface area contributed by atoms with Crippen LogP contribution in [-0.2, 0) is 0 Å². The normalized spacial score (nSPS) is 16.4. The number of aromatic nitrogens is 5. The van der Waals surface area contributed by atoms with E-state index in [-0.39, 0.29) is 0 Å². The van der Waals surface area contributed by atoms with Gasteiger partial charge < -0.3 is 4.98 Å². The molecule has 1 N–H and O–H groups in total. The van der Waals surface area contributed by atoms with Crippen LogP contribution in [0.3, 0.4) is 0 Å². The molecule has 0 bridgehead atoms. The quantitative estimate of drug-likeness (QED) is 0.763. The van der Waals surface area contributed by atoms with E-state index in [1.165, 1.54) is 25.7 Å². The van der Waals surface area contributed by atoms with Gasteiger partial charge in [0, 0.05) is 23.3 Å². The van der Waals surface area contributed by atoms with Crippen molar-refractivity contribution >= 4 is 11.0 Å². The first-order valence-electron chi connectivity index (χ1n) is 6.74. The van der Waals surface area contributed by atoms with E-state index in [2.05, 4.69) is 30.9 Å². The van der Waals surface area contributed by atoms with Crippen LogP contribution >= 0.6 is 0 Å². The van der Waals surface area contributed by atoms with Crippen LogP contribution in [0.25, 0.3) is 22.3 Å². The summed E-state index contributed by atoms with van der Waals surface area (Å²) in [5, 5.41) is 5.56. The molecule has 3 heterocycles. The summed E-state index contributed by atoms with van der Waals surface area (Å²) < 4.78 is 2.10. The van der Waals surface area contributed by atoms with Gasteiger partial charge in [0.15, 0.2) is 0 Å². The van der Waals surface area contributed by atoms with Crippen molar-refractivity contribution in [3.8, 4) is 11.3 Å². The molecule has 1 aliphatic rings. The first kappa shape index (κ1) is 10.7. The lowest BCUT2D eigenvalue weighted by atomic mass is 10.2. The van der Waals surface area contributed by atoms with Gasteiger partial charge in [-0.2, -0.15) is 5.10 Å². The summed E-state index contributed by atoms with van der Waals surface area (Å²) in [6.07, 6.45) is 12.6. The highest BCUT2D eigenvalue weighted by Crippen LogP contribution is 2.31. The summed E-state index contributed by atoms with van der Waals surface area (Å²) in [4.78, 5) is 11.7. The minimum Gasteiger partial charge on any atom is -0.346 e. The predicted molar refractivity (Wildman–Crippen MR) is 72.6 cm³/mol. The molecule has 19 heavy (non-hydrogen) atoms. The lowest BCUT2D eigenvalue weighted by molar-refractivity contribution is 0.467.